The van der Waals surface area contributed by atoms with Gasteiger partial charge in [0, 0.05) is 31.2 Å². The largest absolute Gasteiger partial charge is 0.481 e. The number of aryl methyl sites for hydroxylation is 1. The van der Waals surface area contributed by atoms with Crippen LogP contribution in [0.1, 0.15) is 22.6 Å². The second-order valence-electron chi connectivity index (χ2n) is 7.80. The Balaban J connectivity index is 1.38. The van der Waals surface area contributed by atoms with E-state index in [9.17, 15) is 18.0 Å². The highest BCUT2D eigenvalue weighted by atomic mass is 19.4. The van der Waals surface area contributed by atoms with Crippen molar-refractivity contribution in [2.45, 2.75) is 19.0 Å². The van der Waals surface area contributed by atoms with E-state index in [1.54, 1.807) is 30.9 Å². The number of nitrogens with zero attached hydrogens (tertiary/aromatic N) is 5. The Kier molecular flexibility index (Phi) is 6.76. The number of halogens is 3. The Morgan fingerprint density at radius 3 is 2.34 bits per heavy atom. The van der Waals surface area contributed by atoms with Crippen LogP contribution >= 0.6 is 0 Å². The van der Waals surface area contributed by atoms with E-state index in [2.05, 4.69) is 30.0 Å². The van der Waals surface area contributed by atoms with Gasteiger partial charge in [0.1, 0.15) is 11.4 Å². The van der Waals surface area contributed by atoms with Gasteiger partial charge in [-0.25, -0.2) is 19.9 Å². The second-order valence-corrected chi connectivity index (χ2v) is 7.80. The van der Waals surface area contributed by atoms with Gasteiger partial charge >= 0.3 is 6.18 Å². The standard InChI is InChI=1S/C24H21F3N6O2/c1-33-13-19(31-14-33)9-21-28-10-17(11-29-21)16-5-3-15(4-6-16)7-22(34)32-18-8-20(24(25,26)27)23(35-2)30-12-18/h3-6,8,10-14H,7,9H2,1-2H3,(H,32,34). The molecule has 11 heteroatoms. The van der Waals surface area contributed by atoms with Crippen LogP contribution in [0.25, 0.3) is 11.1 Å². The fourth-order valence-corrected chi connectivity index (χ4v) is 3.41. The number of anilines is 1. The van der Waals surface area contributed by atoms with Gasteiger partial charge in [-0.2, -0.15) is 13.2 Å². The highest BCUT2D eigenvalue weighted by Gasteiger charge is 2.35. The van der Waals surface area contributed by atoms with Crippen LogP contribution in [0, 0.1) is 0 Å². The number of benzene rings is 1. The number of imidazole rings is 1. The smallest absolute Gasteiger partial charge is 0.421 e. The third-order valence-corrected chi connectivity index (χ3v) is 5.09. The Morgan fingerprint density at radius 2 is 1.74 bits per heavy atom. The lowest BCUT2D eigenvalue weighted by Gasteiger charge is -2.13. The number of aromatic nitrogens is 5. The van der Waals surface area contributed by atoms with E-state index in [4.69, 9.17) is 0 Å². The van der Waals surface area contributed by atoms with E-state index < -0.39 is 23.5 Å². The lowest BCUT2D eigenvalue weighted by atomic mass is 10.0. The van der Waals surface area contributed by atoms with Crippen molar-refractivity contribution in [3.8, 4) is 17.0 Å². The zero-order chi connectivity index (χ0) is 25.0. The van der Waals surface area contributed by atoms with E-state index in [0.717, 1.165) is 36.2 Å². The first-order valence-electron chi connectivity index (χ1n) is 10.5. The minimum Gasteiger partial charge on any atom is -0.481 e. The van der Waals surface area contributed by atoms with E-state index in [1.807, 2.05) is 29.9 Å². The van der Waals surface area contributed by atoms with Gasteiger partial charge in [-0.1, -0.05) is 24.3 Å². The molecule has 35 heavy (non-hydrogen) atoms. The van der Waals surface area contributed by atoms with Gasteiger partial charge in [-0.15, -0.1) is 0 Å². The van der Waals surface area contributed by atoms with Crippen molar-refractivity contribution in [1.29, 1.82) is 0 Å². The summed E-state index contributed by atoms with van der Waals surface area (Å²) in [6.45, 7) is 0. The Morgan fingerprint density at radius 1 is 1.03 bits per heavy atom. The molecule has 4 rings (SSSR count). The van der Waals surface area contributed by atoms with Crippen LogP contribution in [0.15, 0.2) is 61.4 Å². The zero-order valence-electron chi connectivity index (χ0n) is 18.9. The van der Waals surface area contributed by atoms with Gasteiger partial charge in [0.25, 0.3) is 0 Å². The topological polar surface area (TPSA) is 94.8 Å². The molecule has 0 saturated carbocycles. The minimum absolute atomic E-state index is 0.0207. The van der Waals surface area contributed by atoms with Crippen molar-refractivity contribution in [3.63, 3.8) is 0 Å². The predicted molar refractivity (Wildman–Crippen MR) is 122 cm³/mol. The highest BCUT2D eigenvalue weighted by Crippen LogP contribution is 2.36. The minimum atomic E-state index is -4.66. The van der Waals surface area contributed by atoms with E-state index >= 15 is 0 Å². The first-order chi connectivity index (χ1) is 16.7. The molecule has 0 aliphatic heterocycles. The molecule has 0 spiro atoms. The summed E-state index contributed by atoms with van der Waals surface area (Å²) < 4.78 is 46.0. The van der Waals surface area contributed by atoms with Crippen LogP contribution in [0.2, 0.25) is 0 Å². The van der Waals surface area contributed by atoms with Gasteiger partial charge in [0.2, 0.25) is 11.8 Å². The van der Waals surface area contributed by atoms with Crippen LogP contribution < -0.4 is 10.1 Å². The summed E-state index contributed by atoms with van der Waals surface area (Å²) in [5.41, 5.74) is 2.12. The lowest BCUT2D eigenvalue weighted by Crippen LogP contribution is -2.16. The van der Waals surface area contributed by atoms with Crippen LogP contribution in [0.3, 0.4) is 0 Å². The Hall–Kier alpha value is -4.28. The third kappa shape index (κ3) is 5.99. The van der Waals surface area contributed by atoms with Crippen molar-refractivity contribution in [1.82, 2.24) is 24.5 Å². The molecule has 0 aliphatic rings. The molecule has 1 amide bonds. The SMILES string of the molecule is COc1ncc(NC(=O)Cc2ccc(-c3cnc(Cc4cn(C)cn4)nc3)cc2)cc1C(F)(F)F. The molecule has 3 heterocycles. The van der Waals surface area contributed by atoms with Crippen molar-refractivity contribution in [2.24, 2.45) is 7.05 Å². The monoisotopic (exact) mass is 482 g/mol. The van der Waals surface area contributed by atoms with Gasteiger partial charge < -0.3 is 14.6 Å². The number of hydrogen-bond donors (Lipinski definition) is 1. The molecule has 0 bridgehead atoms. The summed E-state index contributed by atoms with van der Waals surface area (Å²) in [6, 6.07) is 7.99. The van der Waals surface area contributed by atoms with Crippen LogP contribution in [-0.4, -0.2) is 37.5 Å². The summed E-state index contributed by atoms with van der Waals surface area (Å²) in [5.74, 6) is -0.373. The molecule has 0 aliphatic carbocycles. The molecule has 0 fully saturated rings. The summed E-state index contributed by atoms with van der Waals surface area (Å²) in [5, 5.41) is 2.44. The average molecular weight is 482 g/mol. The van der Waals surface area contributed by atoms with Crippen LogP contribution in [0.5, 0.6) is 5.88 Å². The molecule has 1 aromatic carbocycles. The number of carbonyl (C=O) groups is 1. The number of ether oxygens (including phenoxy) is 1. The molecule has 0 saturated heterocycles. The molecule has 0 radical (unpaired) electrons. The number of alkyl halides is 3. The first kappa shape index (κ1) is 23.9. The Bertz CT molecular complexity index is 1320. The molecule has 0 atom stereocenters. The lowest BCUT2D eigenvalue weighted by molar-refractivity contribution is -0.139. The summed E-state index contributed by atoms with van der Waals surface area (Å²) >= 11 is 0. The second kappa shape index (κ2) is 9.92. The molecular weight excluding hydrogens is 461 g/mol. The van der Waals surface area contributed by atoms with Crippen molar-refractivity contribution in [3.05, 3.63) is 84.1 Å². The third-order valence-electron chi connectivity index (χ3n) is 5.09. The van der Waals surface area contributed by atoms with E-state index in [-0.39, 0.29) is 12.1 Å². The van der Waals surface area contributed by atoms with Gasteiger partial charge in [0.15, 0.2) is 0 Å². The number of nitrogens with one attached hydrogen (secondary N) is 1. The maximum atomic E-state index is 13.2. The molecule has 180 valence electrons. The van der Waals surface area contributed by atoms with Gasteiger partial charge in [-0.05, 0) is 17.2 Å². The fraction of sp³-hybridized carbons (Fsp3) is 0.208. The molecule has 8 nitrogen and oxygen atoms in total. The maximum Gasteiger partial charge on any atom is 0.421 e. The first-order valence-corrected chi connectivity index (χ1v) is 10.5. The number of amides is 1. The molecule has 3 aromatic heterocycles. The quantitative estimate of drug-likeness (QED) is 0.427. The van der Waals surface area contributed by atoms with Crippen molar-refractivity contribution >= 4 is 11.6 Å². The van der Waals surface area contributed by atoms with E-state index in [1.165, 1.54) is 0 Å². The van der Waals surface area contributed by atoms with Crippen LogP contribution in [-0.2, 0) is 30.9 Å². The number of hydrogen-bond acceptors (Lipinski definition) is 6. The zero-order valence-corrected chi connectivity index (χ0v) is 18.9. The molecular formula is C24H21F3N6O2. The van der Waals surface area contributed by atoms with Crippen molar-refractivity contribution < 1.29 is 22.7 Å². The average Bonchev–Trinajstić information content (AvgIpc) is 3.24. The fourth-order valence-electron chi connectivity index (χ4n) is 3.41. The van der Waals surface area contributed by atoms with Gasteiger partial charge in [0.05, 0.1) is 43.9 Å². The molecule has 0 unspecified atom stereocenters. The summed E-state index contributed by atoms with van der Waals surface area (Å²) in [7, 11) is 3.00. The van der Waals surface area contributed by atoms with E-state index in [0.29, 0.717) is 17.8 Å². The molecule has 4 aromatic rings. The summed E-state index contributed by atoms with van der Waals surface area (Å²) in [4.78, 5) is 29.0. The van der Waals surface area contributed by atoms with Crippen molar-refractivity contribution in [2.75, 3.05) is 12.4 Å². The number of pyridine rings is 1. The Labute approximate surface area is 198 Å². The molecule has 1 N–H and O–H groups in total. The summed E-state index contributed by atoms with van der Waals surface area (Å²) in [6.07, 6.45) is 4.05. The number of methoxy groups -OCH3 is 1. The highest BCUT2D eigenvalue weighted by molar-refractivity contribution is 5.92. The maximum absolute atomic E-state index is 13.2. The number of rotatable bonds is 7. The predicted octanol–water partition coefficient (Wildman–Crippen LogP) is 4.07. The normalized spacial score (nSPS) is 11.3. The van der Waals surface area contributed by atoms with Crippen LogP contribution in [0.4, 0.5) is 18.9 Å². The number of carbonyl (C=O) groups excluding carboxylic acids is 1. The van der Waals surface area contributed by atoms with Gasteiger partial charge in [-0.3, -0.25) is 4.79 Å².